The summed E-state index contributed by atoms with van der Waals surface area (Å²) < 4.78 is 32.5. The molecule has 2 rings (SSSR count). The fourth-order valence-electron chi connectivity index (χ4n) is 2.07. The summed E-state index contributed by atoms with van der Waals surface area (Å²) in [5.41, 5.74) is 1.00. The van der Waals surface area contributed by atoms with Gasteiger partial charge in [0, 0.05) is 12.6 Å². The summed E-state index contributed by atoms with van der Waals surface area (Å²) in [4.78, 5) is 16.7. The third kappa shape index (κ3) is 3.87. The summed E-state index contributed by atoms with van der Waals surface area (Å²) >= 11 is 0. The predicted molar refractivity (Wildman–Crippen MR) is 84.7 cm³/mol. The minimum absolute atomic E-state index is 0.0354. The molecule has 0 spiro atoms. The number of rotatable bonds is 6. The Morgan fingerprint density at radius 3 is 2.42 bits per heavy atom. The predicted octanol–water partition coefficient (Wildman–Crippen LogP) is 2.64. The Labute approximate surface area is 137 Å². The van der Waals surface area contributed by atoms with Crippen LogP contribution in [0.4, 0.5) is 8.78 Å². The molecule has 0 atom stereocenters. The summed E-state index contributed by atoms with van der Waals surface area (Å²) in [7, 11) is 2.78. The van der Waals surface area contributed by atoms with Gasteiger partial charge in [0.05, 0.1) is 0 Å². The fourth-order valence-corrected chi connectivity index (χ4v) is 2.07. The lowest BCUT2D eigenvalue weighted by atomic mass is 10.0. The summed E-state index contributed by atoms with van der Waals surface area (Å²) in [6, 6.07) is 10.2. The Hall–Kier alpha value is -2.96. The highest BCUT2D eigenvalue weighted by atomic mass is 19.1. The first-order valence-corrected chi connectivity index (χ1v) is 7.06. The van der Waals surface area contributed by atoms with Crippen molar-refractivity contribution in [2.45, 2.75) is 6.61 Å². The number of carbonyl (C=O) groups excluding carboxylic acids is 1. The number of halogens is 2. The van der Waals surface area contributed by atoms with Crippen LogP contribution in [-0.2, 0) is 16.2 Å². The highest BCUT2D eigenvalue weighted by Gasteiger charge is 2.18. The molecule has 0 fully saturated rings. The van der Waals surface area contributed by atoms with Gasteiger partial charge in [-0.2, -0.15) is 0 Å². The van der Waals surface area contributed by atoms with Gasteiger partial charge in [-0.1, -0.05) is 35.5 Å². The molecule has 126 valence electrons. The van der Waals surface area contributed by atoms with Crippen LogP contribution in [0.15, 0.2) is 47.6 Å². The van der Waals surface area contributed by atoms with Gasteiger partial charge in [0.1, 0.15) is 13.7 Å². The quantitative estimate of drug-likeness (QED) is 0.653. The van der Waals surface area contributed by atoms with Crippen LogP contribution in [0.1, 0.15) is 11.1 Å². The van der Waals surface area contributed by atoms with Crippen molar-refractivity contribution in [3.8, 4) is 5.75 Å². The normalized spacial score (nSPS) is 11.1. The van der Waals surface area contributed by atoms with Crippen molar-refractivity contribution in [1.29, 1.82) is 0 Å². The van der Waals surface area contributed by atoms with E-state index >= 15 is 0 Å². The minimum atomic E-state index is -0.801. The lowest BCUT2D eigenvalue weighted by molar-refractivity contribution is -0.114. The number of nitrogens with one attached hydrogen (secondary N) is 1. The number of nitrogens with zero attached hydrogens (tertiary/aromatic N) is 1. The Morgan fingerprint density at radius 1 is 1.12 bits per heavy atom. The van der Waals surface area contributed by atoms with Gasteiger partial charge in [0.25, 0.3) is 5.91 Å². The van der Waals surface area contributed by atoms with Gasteiger partial charge in [-0.3, -0.25) is 4.79 Å². The van der Waals surface area contributed by atoms with Crippen molar-refractivity contribution in [1.82, 2.24) is 5.32 Å². The number of ether oxygens (including phenoxy) is 1. The molecule has 0 aliphatic carbocycles. The van der Waals surface area contributed by atoms with E-state index in [1.807, 2.05) is 0 Å². The molecule has 0 bridgehead atoms. The molecule has 24 heavy (non-hydrogen) atoms. The van der Waals surface area contributed by atoms with Crippen molar-refractivity contribution < 1.29 is 23.1 Å². The Kier molecular flexibility index (Phi) is 5.83. The van der Waals surface area contributed by atoms with Crippen molar-refractivity contribution >= 4 is 11.6 Å². The number of para-hydroxylation sites is 1. The van der Waals surface area contributed by atoms with Gasteiger partial charge in [-0.25, -0.2) is 8.78 Å². The van der Waals surface area contributed by atoms with E-state index in [-0.39, 0.29) is 12.3 Å². The van der Waals surface area contributed by atoms with E-state index in [0.29, 0.717) is 11.1 Å². The zero-order chi connectivity index (χ0) is 17.5. The number of carbonyl (C=O) groups is 1. The molecule has 2 aromatic carbocycles. The molecule has 0 aliphatic heterocycles. The number of hydrogen-bond donors (Lipinski definition) is 1. The van der Waals surface area contributed by atoms with E-state index in [0.717, 1.165) is 12.1 Å². The van der Waals surface area contributed by atoms with Crippen LogP contribution in [0.25, 0.3) is 0 Å². The molecule has 2 aromatic rings. The third-order valence-electron chi connectivity index (χ3n) is 3.19. The lowest BCUT2D eigenvalue weighted by Crippen LogP contribution is -2.29. The summed E-state index contributed by atoms with van der Waals surface area (Å²) in [5.74, 6) is -2.53. The molecule has 0 radical (unpaired) electrons. The Bertz CT molecular complexity index is 743. The van der Waals surface area contributed by atoms with Gasteiger partial charge in [0.2, 0.25) is 0 Å². The number of oxime groups is 1. The topological polar surface area (TPSA) is 59.9 Å². The van der Waals surface area contributed by atoms with Crippen LogP contribution in [0.3, 0.4) is 0 Å². The number of hydrogen-bond acceptors (Lipinski definition) is 4. The van der Waals surface area contributed by atoms with Crippen LogP contribution >= 0.6 is 0 Å². The van der Waals surface area contributed by atoms with Crippen LogP contribution in [0.2, 0.25) is 0 Å². The van der Waals surface area contributed by atoms with Crippen molar-refractivity contribution in [2.75, 3.05) is 14.2 Å². The molecule has 0 saturated carbocycles. The van der Waals surface area contributed by atoms with E-state index < -0.39 is 23.3 Å². The molecule has 1 amide bonds. The highest BCUT2D eigenvalue weighted by Crippen LogP contribution is 2.23. The van der Waals surface area contributed by atoms with E-state index in [2.05, 4.69) is 10.5 Å². The standard InChI is InChI=1S/C17H16F2N2O3/c1-20-17(22)15(21-23-2)12-7-4-3-6-11(12)10-24-16-13(18)8-5-9-14(16)19/h3-9H,10H2,1-2H3,(H,20,22)/b21-15+. The van der Waals surface area contributed by atoms with Gasteiger partial charge in [0.15, 0.2) is 23.1 Å². The van der Waals surface area contributed by atoms with Gasteiger partial charge >= 0.3 is 0 Å². The van der Waals surface area contributed by atoms with Gasteiger partial charge < -0.3 is 14.9 Å². The van der Waals surface area contributed by atoms with E-state index in [1.165, 1.54) is 20.2 Å². The van der Waals surface area contributed by atoms with E-state index in [4.69, 9.17) is 9.57 Å². The molecular formula is C17H16F2N2O3. The highest BCUT2D eigenvalue weighted by molar-refractivity contribution is 6.45. The van der Waals surface area contributed by atoms with Gasteiger partial charge in [-0.15, -0.1) is 0 Å². The molecule has 0 aromatic heterocycles. The average molecular weight is 334 g/mol. The van der Waals surface area contributed by atoms with Crippen molar-refractivity contribution in [3.63, 3.8) is 0 Å². The Balaban J connectivity index is 2.32. The number of likely N-dealkylation sites (N-methyl/N-ethyl adjacent to an activating group) is 1. The third-order valence-corrected chi connectivity index (χ3v) is 3.19. The zero-order valence-corrected chi connectivity index (χ0v) is 13.2. The monoisotopic (exact) mass is 334 g/mol. The second kappa shape index (κ2) is 8.05. The smallest absolute Gasteiger partial charge is 0.273 e. The van der Waals surface area contributed by atoms with Crippen LogP contribution in [-0.4, -0.2) is 25.8 Å². The lowest BCUT2D eigenvalue weighted by Gasteiger charge is -2.12. The van der Waals surface area contributed by atoms with Crippen molar-refractivity contribution in [3.05, 3.63) is 65.2 Å². The molecule has 5 nitrogen and oxygen atoms in total. The first-order valence-electron chi connectivity index (χ1n) is 7.06. The zero-order valence-electron chi connectivity index (χ0n) is 13.2. The maximum absolute atomic E-state index is 13.6. The van der Waals surface area contributed by atoms with E-state index in [1.54, 1.807) is 24.3 Å². The summed E-state index contributed by atoms with van der Waals surface area (Å²) in [6.07, 6.45) is 0. The fraction of sp³-hybridized carbons (Fsp3) is 0.176. The van der Waals surface area contributed by atoms with Crippen LogP contribution in [0, 0.1) is 11.6 Å². The molecule has 0 saturated heterocycles. The average Bonchev–Trinajstić information content (AvgIpc) is 2.59. The summed E-state index contributed by atoms with van der Waals surface area (Å²) in [5, 5.41) is 6.17. The number of benzene rings is 2. The van der Waals surface area contributed by atoms with Crippen LogP contribution < -0.4 is 10.1 Å². The second-order valence-electron chi connectivity index (χ2n) is 4.70. The first-order chi connectivity index (χ1) is 11.6. The largest absolute Gasteiger partial charge is 0.483 e. The van der Waals surface area contributed by atoms with E-state index in [9.17, 15) is 13.6 Å². The molecule has 1 N–H and O–H groups in total. The molecule has 0 heterocycles. The SMILES string of the molecule is CNC(=O)/C(=N/OC)c1ccccc1COc1c(F)cccc1F. The van der Waals surface area contributed by atoms with Crippen LogP contribution in [0.5, 0.6) is 5.75 Å². The molecular weight excluding hydrogens is 318 g/mol. The number of amides is 1. The molecule has 0 unspecified atom stereocenters. The second-order valence-corrected chi connectivity index (χ2v) is 4.70. The van der Waals surface area contributed by atoms with Crippen molar-refractivity contribution in [2.24, 2.45) is 5.16 Å². The minimum Gasteiger partial charge on any atom is -0.483 e. The molecule has 0 aliphatic rings. The Morgan fingerprint density at radius 2 is 1.79 bits per heavy atom. The maximum atomic E-state index is 13.6. The maximum Gasteiger partial charge on any atom is 0.273 e. The first kappa shape index (κ1) is 17.4. The van der Waals surface area contributed by atoms with Gasteiger partial charge in [-0.05, 0) is 17.7 Å². The molecule has 7 heteroatoms. The summed E-state index contributed by atoms with van der Waals surface area (Å²) in [6.45, 7) is -0.145.